The van der Waals surface area contributed by atoms with Crippen molar-refractivity contribution in [1.82, 2.24) is 9.80 Å². The van der Waals surface area contributed by atoms with Gasteiger partial charge in [-0.1, -0.05) is 6.58 Å². The highest BCUT2D eigenvalue weighted by atomic mass is 16.2. The molecule has 0 spiro atoms. The topological polar surface area (TPSA) is 40.6 Å². The molecule has 0 aliphatic carbocycles. The Kier molecular flexibility index (Phi) is 2.70. The van der Waals surface area contributed by atoms with Crippen molar-refractivity contribution in [1.29, 1.82) is 0 Å². The van der Waals surface area contributed by atoms with Gasteiger partial charge >= 0.3 is 0 Å². The van der Waals surface area contributed by atoms with Crippen LogP contribution in [0.1, 0.15) is 6.92 Å². The molecule has 0 N–H and O–H groups in total. The maximum Gasteiger partial charge on any atom is 0.246 e. The SMILES string of the molecule is C=CC(=O)N1CCN(C)C(=O)C1C. The van der Waals surface area contributed by atoms with E-state index in [-0.39, 0.29) is 17.9 Å². The van der Waals surface area contributed by atoms with Gasteiger partial charge in [-0.05, 0) is 13.0 Å². The number of piperazine rings is 1. The third-order valence-electron chi connectivity index (χ3n) is 2.34. The molecule has 1 aliphatic rings. The van der Waals surface area contributed by atoms with E-state index in [1.807, 2.05) is 0 Å². The summed E-state index contributed by atoms with van der Waals surface area (Å²) in [6.07, 6.45) is 1.25. The first-order valence-electron chi connectivity index (χ1n) is 4.26. The van der Waals surface area contributed by atoms with Crippen LogP contribution in [0.25, 0.3) is 0 Å². The number of likely N-dealkylation sites (N-methyl/N-ethyl adjacent to an activating group) is 1. The van der Waals surface area contributed by atoms with Crippen molar-refractivity contribution >= 4 is 11.8 Å². The van der Waals surface area contributed by atoms with E-state index >= 15 is 0 Å². The molecule has 1 rings (SSSR count). The zero-order valence-electron chi connectivity index (χ0n) is 7.99. The van der Waals surface area contributed by atoms with Crippen LogP contribution >= 0.6 is 0 Å². The molecule has 0 radical (unpaired) electrons. The molecule has 0 aromatic rings. The van der Waals surface area contributed by atoms with Crippen LogP contribution in [0.3, 0.4) is 0 Å². The summed E-state index contributed by atoms with van der Waals surface area (Å²) in [5, 5.41) is 0. The summed E-state index contributed by atoms with van der Waals surface area (Å²) >= 11 is 0. The summed E-state index contributed by atoms with van der Waals surface area (Å²) < 4.78 is 0. The summed E-state index contributed by atoms with van der Waals surface area (Å²) in [4.78, 5) is 25.9. The van der Waals surface area contributed by atoms with Gasteiger partial charge in [0.15, 0.2) is 0 Å². The minimum atomic E-state index is -0.357. The molecule has 0 saturated carbocycles. The molecule has 1 saturated heterocycles. The molecule has 0 aromatic carbocycles. The molecule has 13 heavy (non-hydrogen) atoms. The van der Waals surface area contributed by atoms with Crippen LogP contribution in [0.4, 0.5) is 0 Å². The van der Waals surface area contributed by atoms with Crippen molar-refractivity contribution in [3.63, 3.8) is 0 Å². The van der Waals surface area contributed by atoms with E-state index in [4.69, 9.17) is 0 Å². The first-order valence-corrected chi connectivity index (χ1v) is 4.26. The van der Waals surface area contributed by atoms with Crippen LogP contribution in [0.15, 0.2) is 12.7 Å². The lowest BCUT2D eigenvalue weighted by Crippen LogP contribution is -2.55. The summed E-state index contributed by atoms with van der Waals surface area (Å²) in [5.74, 6) is -0.185. The van der Waals surface area contributed by atoms with Gasteiger partial charge in [0.2, 0.25) is 11.8 Å². The van der Waals surface area contributed by atoms with Crippen molar-refractivity contribution in [2.24, 2.45) is 0 Å². The lowest BCUT2D eigenvalue weighted by Gasteiger charge is -2.36. The number of hydrogen-bond donors (Lipinski definition) is 0. The largest absolute Gasteiger partial charge is 0.342 e. The fourth-order valence-corrected chi connectivity index (χ4v) is 1.43. The Labute approximate surface area is 77.8 Å². The van der Waals surface area contributed by atoms with Gasteiger partial charge < -0.3 is 9.80 Å². The quantitative estimate of drug-likeness (QED) is 0.530. The third kappa shape index (κ3) is 1.71. The van der Waals surface area contributed by atoms with E-state index in [0.29, 0.717) is 13.1 Å². The highest BCUT2D eigenvalue weighted by molar-refractivity contribution is 5.93. The van der Waals surface area contributed by atoms with Crippen molar-refractivity contribution in [2.45, 2.75) is 13.0 Å². The van der Waals surface area contributed by atoms with Crippen LogP contribution in [0.5, 0.6) is 0 Å². The molecule has 0 bridgehead atoms. The Balaban J connectivity index is 2.75. The maximum absolute atomic E-state index is 11.5. The summed E-state index contributed by atoms with van der Waals surface area (Å²) in [6, 6.07) is -0.357. The second-order valence-electron chi connectivity index (χ2n) is 3.17. The van der Waals surface area contributed by atoms with E-state index < -0.39 is 0 Å². The Morgan fingerprint density at radius 1 is 1.62 bits per heavy atom. The van der Waals surface area contributed by atoms with Gasteiger partial charge in [-0.2, -0.15) is 0 Å². The van der Waals surface area contributed by atoms with Crippen LogP contribution in [0.2, 0.25) is 0 Å². The van der Waals surface area contributed by atoms with E-state index in [1.54, 1.807) is 18.9 Å². The molecular weight excluding hydrogens is 168 g/mol. The molecule has 1 heterocycles. The van der Waals surface area contributed by atoms with E-state index in [9.17, 15) is 9.59 Å². The number of nitrogens with zero attached hydrogens (tertiary/aromatic N) is 2. The Hall–Kier alpha value is -1.32. The van der Waals surface area contributed by atoms with Crippen LogP contribution in [-0.2, 0) is 9.59 Å². The van der Waals surface area contributed by atoms with Gasteiger partial charge in [0, 0.05) is 20.1 Å². The average Bonchev–Trinajstić information content (AvgIpc) is 2.13. The lowest BCUT2D eigenvalue weighted by molar-refractivity contribution is -0.146. The summed E-state index contributed by atoms with van der Waals surface area (Å²) in [7, 11) is 1.74. The Morgan fingerprint density at radius 3 is 2.77 bits per heavy atom. The van der Waals surface area contributed by atoms with Gasteiger partial charge in [0.25, 0.3) is 0 Å². The number of amides is 2. The van der Waals surface area contributed by atoms with E-state index in [1.165, 1.54) is 11.0 Å². The van der Waals surface area contributed by atoms with Crippen LogP contribution in [-0.4, -0.2) is 47.8 Å². The predicted octanol–water partition coefficient (Wildman–Crippen LogP) is -0.139. The Bertz CT molecular complexity index is 250. The molecule has 4 heteroatoms. The molecule has 2 amide bonds. The normalized spacial score (nSPS) is 23.2. The first kappa shape index (κ1) is 9.77. The minimum Gasteiger partial charge on any atom is -0.342 e. The van der Waals surface area contributed by atoms with Crippen LogP contribution in [0, 0.1) is 0 Å². The molecule has 1 aliphatic heterocycles. The molecule has 1 fully saturated rings. The molecule has 1 atom stereocenters. The van der Waals surface area contributed by atoms with Gasteiger partial charge in [-0.25, -0.2) is 0 Å². The van der Waals surface area contributed by atoms with Gasteiger partial charge in [-0.3, -0.25) is 9.59 Å². The highest BCUT2D eigenvalue weighted by Crippen LogP contribution is 2.09. The van der Waals surface area contributed by atoms with Gasteiger partial charge in [0.05, 0.1) is 0 Å². The van der Waals surface area contributed by atoms with E-state index in [2.05, 4.69) is 6.58 Å². The number of rotatable bonds is 1. The highest BCUT2D eigenvalue weighted by Gasteiger charge is 2.30. The number of hydrogen-bond acceptors (Lipinski definition) is 2. The zero-order chi connectivity index (χ0) is 10.0. The smallest absolute Gasteiger partial charge is 0.246 e. The van der Waals surface area contributed by atoms with Crippen molar-refractivity contribution < 1.29 is 9.59 Å². The predicted molar refractivity (Wildman–Crippen MR) is 49.0 cm³/mol. The summed E-state index contributed by atoms with van der Waals surface area (Å²) in [6.45, 7) is 6.33. The second-order valence-corrected chi connectivity index (χ2v) is 3.17. The monoisotopic (exact) mass is 182 g/mol. The molecule has 4 nitrogen and oxygen atoms in total. The molecule has 0 aromatic heterocycles. The average molecular weight is 182 g/mol. The zero-order valence-corrected chi connectivity index (χ0v) is 7.99. The Morgan fingerprint density at radius 2 is 2.23 bits per heavy atom. The maximum atomic E-state index is 11.5. The lowest BCUT2D eigenvalue weighted by atomic mass is 10.2. The van der Waals surface area contributed by atoms with Crippen LogP contribution < -0.4 is 0 Å². The number of carbonyl (C=O) groups excluding carboxylic acids is 2. The van der Waals surface area contributed by atoms with Crippen molar-refractivity contribution in [3.8, 4) is 0 Å². The molecule has 1 unspecified atom stereocenters. The third-order valence-corrected chi connectivity index (χ3v) is 2.34. The second kappa shape index (κ2) is 3.60. The van der Waals surface area contributed by atoms with Crippen molar-refractivity contribution in [3.05, 3.63) is 12.7 Å². The summed E-state index contributed by atoms with van der Waals surface area (Å²) in [5.41, 5.74) is 0. The minimum absolute atomic E-state index is 0.0125. The van der Waals surface area contributed by atoms with Gasteiger partial charge in [0.1, 0.15) is 6.04 Å². The van der Waals surface area contributed by atoms with E-state index in [0.717, 1.165) is 0 Å². The standard InChI is InChI=1S/C9H14N2O2/c1-4-8(12)11-6-5-10(3)9(13)7(11)2/h4,7H,1,5-6H2,2-3H3. The molecular formula is C9H14N2O2. The fraction of sp³-hybridized carbons (Fsp3) is 0.556. The fourth-order valence-electron chi connectivity index (χ4n) is 1.43. The van der Waals surface area contributed by atoms with Crippen molar-refractivity contribution in [2.75, 3.05) is 20.1 Å². The van der Waals surface area contributed by atoms with Gasteiger partial charge in [-0.15, -0.1) is 0 Å². The molecule has 72 valence electrons. The number of carbonyl (C=O) groups is 2. The first-order chi connectivity index (χ1) is 6.07.